The average Bonchev–Trinajstić information content (AvgIpc) is 2.14. The lowest BCUT2D eigenvalue weighted by molar-refractivity contribution is 0.0966. The molecule has 2 N–H and O–H groups in total. The van der Waals surface area contributed by atoms with Crippen molar-refractivity contribution < 1.29 is 9.18 Å². The van der Waals surface area contributed by atoms with Crippen molar-refractivity contribution in [2.75, 3.05) is 0 Å². The Balaban J connectivity index is 3.43. The van der Waals surface area contributed by atoms with Crippen molar-refractivity contribution in [2.24, 2.45) is 5.73 Å². The first kappa shape index (κ1) is 11.9. The molecule has 2 nitrogen and oxygen atoms in total. The van der Waals surface area contributed by atoms with Gasteiger partial charge in [-0.15, -0.1) is 0 Å². The van der Waals surface area contributed by atoms with E-state index in [1.165, 1.54) is 0 Å². The van der Waals surface area contributed by atoms with Crippen LogP contribution in [0.5, 0.6) is 0 Å². The number of hydrogen-bond acceptors (Lipinski definition) is 2. The van der Waals surface area contributed by atoms with Crippen LogP contribution in [0.2, 0.25) is 0 Å². The Morgan fingerprint density at radius 1 is 1.33 bits per heavy atom. The van der Waals surface area contributed by atoms with Crippen LogP contribution in [0.3, 0.4) is 0 Å². The second-order valence-electron chi connectivity index (χ2n) is 3.98. The SMILES string of the molecule is Cc1cc(C)c(C(=O)C(C)N)c(C)c1F. The predicted octanol–water partition coefficient (Wildman–Crippen LogP) is 2.28. The van der Waals surface area contributed by atoms with Crippen LogP contribution < -0.4 is 5.73 Å². The fourth-order valence-electron chi connectivity index (χ4n) is 1.77. The zero-order valence-electron chi connectivity index (χ0n) is 9.52. The van der Waals surface area contributed by atoms with E-state index in [0.717, 1.165) is 5.56 Å². The number of hydrogen-bond donors (Lipinski definition) is 1. The highest BCUT2D eigenvalue weighted by Crippen LogP contribution is 2.21. The molecule has 0 amide bonds. The van der Waals surface area contributed by atoms with Gasteiger partial charge in [-0.3, -0.25) is 4.79 Å². The van der Waals surface area contributed by atoms with E-state index in [1.807, 2.05) is 0 Å². The van der Waals surface area contributed by atoms with Crippen molar-refractivity contribution in [2.45, 2.75) is 33.7 Å². The third-order valence-corrected chi connectivity index (χ3v) is 2.54. The Labute approximate surface area is 89.3 Å². The van der Waals surface area contributed by atoms with Crippen LogP contribution in [-0.4, -0.2) is 11.8 Å². The van der Waals surface area contributed by atoms with E-state index in [4.69, 9.17) is 5.73 Å². The first-order valence-electron chi connectivity index (χ1n) is 4.92. The molecule has 0 aliphatic rings. The molecule has 0 aromatic heterocycles. The molecular formula is C12H16FNO. The number of halogens is 1. The van der Waals surface area contributed by atoms with Crippen molar-refractivity contribution in [3.05, 3.63) is 34.1 Å². The number of aryl methyl sites for hydroxylation is 2. The van der Waals surface area contributed by atoms with Crippen LogP contribution in [-0.2, 0) is 0 Å². The molecule has 0 saturated carbocycles. The molecule has 0 spiro atoms. The molecule has 82 valence electrons. The fourth-order valence-corrected chi connectivity index (χ4v) is 1.77. The molecule has 0 aliphatic heterocycles. The van der Waals surface area contributed by atoms with E-state index in [2.05, 4.69) is 0 Å². The third-order valence-electron chi connectivity index (χ3n) is 2.54. The smallest absolute Gasteiger partial charge is 0.179 e. The summed E-state index contributed by atoms with van der Waals surface area (Å²) in [4.78, 5) is 11.8. The van der Waals surface area contributed by atoms with E-state index >= 15 is 0 Å². The van der Waals surface area contributed by atoms with Gasteiger partial charge >= 0.3 is 0 Å². The molecule has 0 fully saturated rings. The quantitative estimate of drug-likeness (QED) is 0.759. The first-order valence-corrected chi connectivity index (χ1v) is 4.92. The molecule has 0 radical (unpaired) electrons. The highest BCUT2D eigenvalue weighted by atomic mass is 19.1. The van der Waals surface area contributed by atoms with Gasteiger partial charge in [0.2, 0.25) is 0 Å². The maximum Gasteiger partial charge on any atom is 0.179 e. The molecule has 1 rings (SSSR count). The highest BCUT2D eigenvalue weighted by Gasteiger charge is 2.19. The van der Waals surface area contributed by atoms with Crippen molar-refractivity contribution in [3.63, 3.8) is 0 Å². The van der Waals surface area contributed by atoms with E-state index in [9.17, 15) is 9.18 Å². The third kappa shape index (κ3) is 2.07. The lowest BCUT2D eigenvalue weighted by Gasteiger charge is -2.13. The summed E-state index contributed by atoms with van der Waals surface area (Å²) < 4.78 is 13.6. The molecule has 3 heteroatoms. The second kappa shape index (κ2) is 4.11. The number of benzene rings is 1. The molecule has 1 atom stereocenters. The summed E-state index contributed by atoms with van der Waals surface area (Å²) in [6.07, 6.45) is 0. The summed E-state index contributed by atoms with van der Waals surface area (Å²) in [5, 5.41) is 0. The standard InChI is InChI=1S/C12H16FNO/c1-6-5-7(2)11(13)8(3)10(6)12(15)9(4)14/h5,9H,14H2,1-4H3. The Morgan fingerprint density at radius 3 is 2.33 bits per heavy atom. The van der Waals surface area contributed by atoms with E-state index < -0.39 is 6.04 Å². The van der Waals surface area contributed by atoms with Crippen molar-refractivity contribution in [3.8, 4) is 0 Å². The Bertz CT molecular complexity index is 411. The first-order chi connectivity index (χ1) is 6.86. The molecular weight excluding hydrogens is 193 g/mol. The van der Waals surface area contributed by atoms with Crippen LogP contribution in [0.4, 0.5) is 4.39 Å². The van der Waals surface area contributed by atoms with Crippen LogP contribution in [0.15, 0.2) is 6.07 Å². The van der Waals surface area contributed by atoms with Gasteiger partial charge in [0.05, 0.1) is 6.04 Å². The lowest BCUT2D eigenvalue weighted by Crippen LogP contribution is -2.28. The zero-order chi connectivity index (χ0) is 11.7. The molecule has 1 unspecified atom stereocenters. The van der Waals surface area contributed by atoms with Crippen LogP contribution >= 0.6 is 0 Å². The predicted molar refractivity (Wildman–Crippen MR) is 58.6 cm³/mol. The largest absolute Gasteiger partial charge is 0.321 e. The summed E-state index contributed by atoms with van der Waals surface area (Å²) >= 11 is 0. The Morgan fingerprint density at radius 2 is 1.87 bits per heavy atom. The summed E-state index contributed by atoms with van der Waals surface area (Å²) in [6.45, 7) is 6.72. The minimum absolute atomic E-state index is 0.205. The number of ketones is 1. The molecule has 1 aromatic carbocycles. The monoisotopic (exact) mass is 209 g/mol. The second-order valence-corrected chi connectivity index (χ2v) is 3.98. The van der Waals surface area contributed by atoms with Crippen molar-refractivity contribution in [1.82, 2.24) is 0 Å². The van der Waals surface area contributed by atoms with E-state index in [-0.39, 0.29) is 11.6 Å². The van der Waals surface area contributed by atoms with Gasteiger partial charge in [0.1, 0.15) is 5.82 Å². The van der Waals surface area contributed by atoms with Crippen LogP contribution in [0.25, 0.3) is 0 Å². The van der Waals surface area contributed by atoms with Gasteiger partial charge in [-0.2, -0.15) is 0 Å². The minimum atomic E-state index is -0.593. The lowest BCUT2D eigenvalue weighted by atomic mass is 9.93. The number of carbonyl (C=O) groups excluding carboxylic acids is 1. The highest BCUT2D eigenvalue weighted by molar-refractivity contribution is 6.02. The van der Waals surface area contributed by atoms with Gasteiger partial charge in [-0.1, -0.05) is 6.07 Å². The molecule has 0 saturated heterocycles. The average molecular weight is 209 g/mol. The normalized spacial score (nSPS) is 12.7. The van der Waals surface area contributed by atoms with Crippen LogP contribution in [0.1, 0.15) is 34.0 Å². The van der Waals surface area contributed by atoms with E-state index in [1.54, 1.807) is 33.8 Å². The number of carbonyl (C=O) groups is 1. The summed E-state index contributed by atoms with van der Waals surface area (Å²) in [5.41, 5.74) is 7.69. The van der Waals surface area contributed by atoms with Gasteiger partial charge in [0.15, 0.2) is 5.78 Å². The van der Waals surface area contributed by atoms with Gasteiger partial charge in [0.25, 0.3) is 0 Å². The Hall–Kier alpha value is -1.22. The summed E-state index contributed by atoms with van der Waals surface area (Å²) in [7, 11) is 0. The molecule has 0 heterocycles. The van der Waals surface area contributed by atoms with E-state index in [0.29, 0.717) is 16.7 Å². The van der Waals surface area contributed by atoms with Crippen molar-refractivity contribution in [1.29, 1.82) is 0 Å². The van der Waals surface area contributed by atoms with Gasteiger partial charge in [0, 0.05) is 5.56 Å². The molecule has 1 aromatic rings. The topological polar surface area (TPSA) is 43.1 Å². The van der Waals surface area contributed by atoms with Crippen LogP contribution in [0, 0.1) is 26.6 Å². The van der Waals surface area contributed by atoms with Gasteiger partial charge in [-0.05, 0) is 44.4 Å². The number of nitrogens with two attached hydrogens (primary N) is 1. The fraction of sp³-hybridized carbons (Fsp3) is 0.417. The van der Waals surface area contributed by atoms with Gasteiger partial charge in [-0.25, -0.2) is 4.39 Å². The maximum atomic E-state index is 13.6. The minimum Gasteiger partial charge on any atom is -0.321 e. The zero-order valence-corrected chi connectivity index (χ0v) is 9.52. The molecule has 0 bridgehead atoms. The van der Waals surface area contributed by atoms with Gasteiger partial charge < -0.3 is 5.73 Å². The number of rotatable bonds is 2. The Kier molecular flexibility index (Phi) is 3.25. The molecule has 0 aliphatic carbocycles. The van der Waals surface area contributed by atoms with Crippen molar-refractivity contribution >= 4 is 5.78 Å². The maximum absolute atomic E-state index is 13.6. The summed E-state index contributed by atoms with van der Waals surface area (Å²) in [5.74, 6) is -0.520. The summed E-state index contributed by atoms with van der Waals surface area (Å²) in [6, 6.07) is 1.09. The number of Topliss-reactive ketones (excluding diaryl/α,β-unsaturated/α-hetero) is 1. The molecule has 15 heavy (non-hydrogen) atoms.